The molecule has 1 aromatic rings. The number of aliphatic imine (C=N–C) groups is 1. The van der Waals surface area contributed by atoms with E-state index in [-0.39, 0.29) is 0 Å². The summed E-state index contributed by atoms with van der Waals surface area (Å²) in [5.74, 6) is 1.64. The van der Waals surface area contributed by atoms with Crippen molar-refractivity contribution in [1.29, 1.82) is 0 Å². The highest BCUT2D eigenvalue weighted by Crippen LogP contribution is 2.31. The minimum absolute atomic E-state index is 0.714. The van der Waals surface area contributed by atoms with Crippen LogP contribution < -0.4 is 0 Å². The molecule has 0 radical (unpaired) electrons. The van der Waals surface area contributed by atoms with Crippen LogP contribution >= 0.6 is 0 Å². The Bertz CT molecular complexity index is 447. The van der Waals surface area contributed by atoms with Crippen LogP contribution in [0.4, 0.5) is 5.69 Å². The van der Waals surface area contributed by atoms with Gasteiger partial charge in [0.25, 0.3) is 0 Å². The van der Waals surface area contributed by atoms with E-state index in [0.717, 1.165) is 22.9 Å². The van der Waals surface area contributed by atoms with Gasteiger partial charge in [-0.3, -0.25) is 0 Å². The molecule has 3 heteroatoms. The summed E-state index contributed by atoms with van der Waals surface area (Å²) in [5.41, 5.74) is 2.05. The van der Waals surface area contributed by atoms with Gasteiger partial charge >= 0.3 is 0 Å². The molecule has 2 rings (SSSR count). The lowest BCUT2D eigenvalue weighted by Crippen LogP contribution is -2.24. The molecular formula is C13H16N2O. The van der Waals surface area contributed by atoms with E-state index < -0.39 is 0 Å². The van der Waals surface area contributed by atoms with Crippen molar-refractivity contribution in [2.75, 3.05) is 20.6 Å². The van der Waals surface area contributed by atoms with Gasteiger partial charge in [0, 0.05) is 5.56 Å². The van der Waals surface area contributed by atoms with Crippen LogP contribution in [0.25, 0.3) is 5.76 Å². The lowest BCUT2D eigenvalue weighted by molar-refractivity contribution is 0.407. The van der Waals surface area contributed by atoms with Crippen LogP contribution in [-0.2, 0) is 4.74 Å². The van der Waals surface area contributed by atoms with Gasteiger partial charge in [-0.25, -0.2) is 4.99 Å². The first-order valence-electron chi connectivity index (χ1n) is 5.36. The number of fused-ring (bicyclic) bond motifs is 1. The molecule has 1 aliphatic heterocycles. The highest BCUT2D eigenvalue weighted by molar-refractivity contribution is 5.92. The van der Waals surface area contributed by atoms with Gasteiger partial charge in [0.1, 0.15) is 5.76 Å². The molecule has 16 heavy (non-hydrogen) atoms. The van der Waals surface area contributed by atoms with Crippen LogP contribution in [0, 0.1) is 0 Å². The Balaban J connectivity index is 2.39. The fourth-order valence-corrected chi connectivity index (χ4v) is 1.67. The molecule has 0 aromatic heterocycles. The van der Waals surface area contributed by atoms with E-state index >= 15 is 0 Å². The number of para-hydroxylation sites is 1. The minimum Gasteiger partial charge on any atom is -0.441 e. The maximum Gasteiger partial charge on any atom is 0.209 e. The van der Waals surface area contributed by atoms with E-state index in [1.54, 1.807) is 0 Å². The van der Waals surface area contributed by atoms with Crippen LogP contribution in [0.3, 0.4) is 0 Å². The van der Waals surface area contributed by atoms with Crippen LogP contribution in [0.2, 0.25) is 0 Å². The zero-order chi connectivity index (χ0) is 11.5. The number of benzene rings is 1. The Morgan fingerprint density at radius 1 is 1.31 bits per heavy atom. The Labute approximate surface area is 96.1 Å². The molecule has 0 unspecified atom stereocenters. The van der Waals surface area contributed by atoms with Gasteiger partial charge in [0.15, 0.2) is 0 Å². The lowest BCUT2D eigenvalue weighted by atomic mass is 10.1. The topological polar surface area (TPSA) is 24.8 Å². The fourth-order valence-electron chi connectivity index (χ4n) is 1.67. The van der Waals surface area contributed by atoms with Crippen molar-refractivity contribution < 1.29 is 4.74 Å². The van der Waals surface area contributed by atoms with E-state index in [4.69, 9.17) is 4.74 Å². The summed E-state index contributed by atoms with van der Waals surface area (Å²) in [5, 5.41) is 0. The summed E-state index contributed by atoms with van der Waals surface area (Å²) in [6, 6.07) is 8.03. The number of hydrogen-bond acceptors (Lipinski definition) is 3. The summed E-state index contributed by atoms with van der Waals surface area (Å²) in [4.78, 5) is 6.54. The van der Waals surface area contributed by atoms with Gasteiger partial charge in [-0.05, 0) is 39.2 Å². The first-order valence-corrected chi connectivity index (χ1v) is 5.36. The Kier molecular flexibility index (Phi) is 3.06. The summed E-state index contributed by atoms with van der Waals surface area (Å²) >= 11 is 0. The highest BCUT2D eigenvalue weighted by atomic mass is 16.5. The molecule has 0 atom stereocenters. The van der Waals surface area contributed by atoms with Gasteiger partial charge in [-0.2, -0.15) is 0 Å². The average Bonchev–Trinajstić information content (AvgIpc) is 2.27. The molecule has 0 spiro atoms. The van der Waals surface area contributed by atoms with E-state index in [9.17, 15) is 0 Å². The molecule has 1 heterocycles. The quantitative estimate of drug-likeness (QED) is 0.759. The third kappa shape index (κ3) is 2.14. The fraction of sp³-hybridized carbons (Fsp3) is 0.308. The predicted octanol–water partition coefficient (Wildman–Crippen LogP) is 2.67. The first-order chi connectivity index (χ1) is 7.70. The molecule has 0 N–H and O–H groups in total. The summed E-state index contributed by atoms with van der Waals surface area (Å²) < 4.78 is 5.74. The number of ether oxygens (including phenoxy) is 1. The largest absolute Gasteiger partial charge is 0.441 e. The number of allylic oxidation sites excluding steroid dienone is 1. The monoisotopic (exact) mass is 216 g/mol. The zero-order valence-electron chi connectivity index (χ0n) is 9.90. The average molecular weight is 216 g/mol. The Hall–Kier alpha value is -1.61. The van der Waals surface area contributed by atoms with Crippen LogP contribution in [0.1, 0.15) is 12.5 Å². The maximum absolute atomic E-state index is 5.74. The first kappa shape index (κ1) is 10.9. The standard InChI is InChI=1S/C13H16N2O/c1-4-12-10-7-5-6-8-11(10)14-13(16-12)9-15(2)3/h4-8H,9H2,1-3H3/b12-4-. The van der Waals surface area contributed by atoms with Crippen molar-refractivity contribution >= 4 is 17.3 Å². The van der Waals surface area contributed by atoms with Gasteiger partial charge in [0.2, 0.25) is 5.90 Å². The molecule has 1 aliphatic rings. The number of hydrogen-bond donors (Lipinski definition) is 0. The highest BCUT2D eigenvalue weighted by Gasteiger charge is 2.17. The van der Waals surface area contributed by atoms with Crippen molar-refractivity contribution in [3.05, 3.63) is 35.9 Å². The lowest BCUT2D eigenvalue weighted by Gasteiger charge is -2.21. The van der Waals surface area contributed by atoms with E-state index in [2.05, 4.69) is 4.99 Å². The molecule has 84 valence electrons. The maximum atomic E-state index is 5.74. The van der Waals surface area contributed by atoms with E-state index in [1.807, 2.05) is 56.3 Å². The third-order valence-corrected chi connectivity index (χ3v) is 2.36. The van der Waals surface area contributed by atoms with Crippen molar-refractivity contribution in [3.63, 3.8) is 0 Å². The molecule has 0 saturated carbocycles. The summed E-state index contributed by atoms with van der Waals surface area (Å²) in [6.45, 7) is 2.69. The van der Waals surface area contributed by atoms with E-state index in [1.165, 1.54) is 0 Å². The molecule has 3 nitrogen and oxygen atoms in total. The second-order valence-electron chi connectivity index (χ2n) is 4.02. The van der Waals surface area contributed by atoms with Crippen LogP contribution in [0.15, 0.2) is 35.3 Å². The van der Waals surface area contributed by atoms with Crippen molar-refractivity contribution in [2.24, 2.45) is 4.99 Å². The third-order valence-electron chi connectivity index (χ3n) is 2.36. The van der Waals surface area contributed by atoms with Gasteiger partial charge < -0.3 is 9.64 Å². The van der Waals surface area contributed by atoms with E-state index in [0.29, 0.717) is 6.54 Å². The Morgan fingerprint density at radius 3 is 2.75 bits per heavy atom. The number of rotatable bonds is 2. The van der Waals surface area contributed by atoms with Gasteiger partial charge in [0.05, 0.1) is 12.2 Å². The Morgan fingerprint density at radius 2 is 2.06 bits per heavy atom. The SMILES string of the molecule is C/C=C1\OC(CN(C)C)=Nc2ccccc21. The second-order valence-corrected chi connectivity index (χ2v) is 4.02. The second kappa shape index (κ2) is 4.49. The molecular weight excluding hydrogens is 200 g/mol. The van der Waals surface area contributed by atoms with Gasteiger partial charge in [-0.1, -0.05) is 12.1 Å². The molecule has 0 bridgehead atoms. The summed E-state index contributed by atoms with van der Waals surface area (Å²) in [7, 11) is 4.00. The van der Waals surface area contributed by atoms with Crippen molar-refractivity contribution in [1.82, 2.24) is 4.90 Å². The molecule has 0 aliphatic carbocycles. The van der Waals surface area contributed by atoms with Gasteiger partial charge in [-0.15, -0.1) is 0 Å². The summed E-state index contributed by atoms with van der Waals surface area (Å²) in [6.07, 6.45) is 1.98. The normalized spacial score (nSPS) is 17.0. The molecule has 0 saturated heterocycles. The smallest absolute Gasteiger partial charge is 0.209 e. The minimum atomic E-state index is 0.714. The molecule has 0 fully saturated rings. The van der Waals surface area contributed by atoms with Crippen molar-refractivity contribution in [3.8, 4) is 0 Å². The molecule has 0 amide bonds. The zero-order valence-corrected chi connectivity index (χ0v) is 9.90. The number of nitrogens with zero attached hydrogens (tertiary/aromatic N) is 2. The van der Waals surface area contributed by atoms with Crippen LogP contribution in [0.5, 0.6) is 0 Å². The number of likely N-dealkylation sites (N-methyl/N-ethyl adjacent to an activating group) is 1. The predicted molar refractivity (Wildman–Crippen MR) is 66.8 cm³/mol. The van der Waals surface area contributed by atoms with Crippen molar-refractivity contribution in [2.45, 2.75) is 6.92 Å². The molecule has 1 aromatic carbocycles. The van der Waals surface area contributed by atoms with Crippen LogP contribution in [-0.4, -0.2) is 31.4 Å².